The van der Waals surface area contributed by atoms with E-state index in [0.29, 0.717) is 0 Å². The first-order valence-electron chi connectivity index (χ1n) is 7.14. The number of rotatable bonds is 2. The Balaban J connectivity index is 0.00000147. The third kappa shape index (κ3) is 2.89. The average molecular weight is 292 g/mol. The third-order valence-electron chi connectivity index (χ3n) is 3.83. The van der Waals surface area contributed by atoms with Gasteiger partial charge in [0.15, 0.2) is 0 Å². The van der Waals surface area contributed by atoms with Gasteiger partial charge in [-0.25, -0.2) is 4.98 Å². The number of pyridine rings is 1. The van der Waals surface area contributed by atoms with Crippen LogP contribution < -0.4 is 10.2 Å². The first-order valence-corrected chi connectivity index (χ1v) is 7.14. The number of piperazine rings is 1. The lowest BCUT2D eigenvalue weighted by Gasteiger charge is -2.30. The molecule has 108 valence electrons. The Morgan fingerprint density at radius 3 is 2.65 bits per heavy atom. The second kappa shape index (κ2) is 6.42. The number of hydrogen-bond donors (Lipinski definition) is 1. The van der Waals surface area contributed by atoms with Gasteiger partial charge in [0.25, 0.3) is 0 Å². The Hall–Kier alpha value is -1.32. The van der Waals surface area contributed by atoms with Crippen LogP contribution in [0.5, 0.6) is 0 Å². The maximum absolute atomic E-state index is 4.93. The average Bonchev–Trinajstić information content (AvgIpc) is 2.46. The molecule has 2 aromatic rings. The van der Waals surface area contributed by atoms with Crippen LogP contribution in [0, 0.1) is 6.92 Å². The summed E-state index contributed by atoms with van der Waals surface area (Å²) in [5, 5.41) is 4.65. The van der Waals surface area contributed by atoms with Gasteiger partial charge in [0, 0.05) is 31.6 Å². The highest BCUT2D eigenvalue weighted by molar-refractivity contribution is 5.85. The smallest absolute Gasteiger partial charge is 0.132 e. The molecule has 1 fully saturated rings. The van der Waals surface area contributed by atoms with E-state index in [1.807, 2.05) is 0 Å². The van der Waals surface area contributed by atoms with Gasteiger partial charge in [0.2, 0.25) is 0 Å². The number of fused-ring (bicyclic) bond motifs is 1. The molecule has 2 heterocycles. The van der Waals surface area contributed by atoms with Gasteiger partial charge in [0.05, 0.1) is 5.52 Å². The Bertz CT molecular complexity index is 592. The van der Waals surface area contributed by atoms with E-state index >= 15 is 0 Å². The Morgan fingerprint density at radius 2 is 1.95 bits per heavy atom. The molecule has 3 nitrogen and oxygen atoms in total. The van der Waals surface area contributed by atoms with Crippen molar-refractivity contribution in [3.05, 3.63) is 35.4 Å². The summed E-state index contributed by atoms with van der Waals surface area (Å²) < 4.78 is 0. The minimum absolute atomic E-state index is 0. The molecular weight excluding hydrogens is 270 g/mol. The van der Waals surface area contributed by atoms with Crippen molar-refractivity contribution in [2.45, 2.75) is 20.3 Å². The lowest BCUT2D eigenvalue weighted by molar-refractivity contribution is 0.584. The van der Waals surface area contributed by atoms with Gasteiger partial charge in [-0.15, -0.1) is 12.4 Å². The molecule has 1 saturated heterocycles. The summed E-state index contributed by atoms with van der Waals surface area (Å²) in [6, 6.07) is 8.83. The predicted octanol–water partition coefficient (Wildman–Crippen LogP) is 2.94. The van der Waals surface area contributed by atoms with Crippen LogP contribution in [0.1, 0.15) is 18.1 Å². The van der Waals surface area contributed by atoms with Crippen molar-refractivity contribution < 1.29 is 0 Å². The van der Waals surface area contributed by atoms with Gasteiger partial charge in [-0.05, 0) is 36.6 Å². The maximum atomic E-state index is 4.93. The van der Waals surface area contributed by atoms with E-state index in [-0.39, 0.29) is 12.4 Å². The summed E-state index contributed by atoms with van der Waals surface area (Å²) in [6.45, 7) is 8.55. The molecule has 0 bridgehead atoms. The SMILES string of the molecule is CCc1cc2ccc(C)cc2nc1N1CCNCC1.Cl. The maximum Gasteiger partial charge on any atom is 0.132 e. The van der Waals surface area contributed by atoms with Crippen molar-refractivity contribution in [2.75, 3.05) is 31.1 Å². The molecule has 0 unspecified atom stereocenters. The zero-order chi connectivity index (χ0) is 13.2. The fourth-order valence-corrected chi connectivity index (χ4v) is 2.72. The minimum atomic E-state index is 0. The highest BCUT2D eigenvalue weighted by Crippen LogP contribution is 2.25. The van der Waals surface area contributed by atoms with E-state index in [0.717, 1.165) is 38.1 Å². The second-order valence-electron chi connectivity index (χ2n) is 5.26. The molecule has 1 aliphatic rings. The van der Waals surface area contributed by atoms with Crippen LogP contribution in [0.25, 0.3) is 10.9 Å². The molecule has 4 heteroatoms. The monoisotopic (exact) mass is 291 g/mol. The molecule has 1 aromatic carbocycles. The Kier molecular flexibility index (Phi) is 4.84. The molecule has 0 aliphatic carbocycles. The first-order chi connectivity index (χ1) is 9.28. The zero-order valence-electron chi connectivity index (χ0n) is 12.1. The summed E-state index contributed by atoms with van der Waals surface area (Å²) in [6.07, 6.45) is 1.04. The Morgan fingerprint density at radius 1 is 1.20 bits per heavy atom. The van der Waals surface area contributed by atoms with Crippen LogP contribution in [0.2, 0.25) is 0 Å². The van der Waals surface area contributed by atoms with Crippen molar-refractivity contribution in [1.29, 1.82) is 0 Å². The number of halogens is 1. The molecule has 0 radical (unpaired) electrons. The lowest BCUT2D eigenvalue weighted by Crippen LogP contribution is -2.44. The zero-order valence-corrected chi connectivity index (χ0v) is 13.0. The number of aromatic nitrogens is 1. The van der Waals surface area contributed by atoms with Gasteiger partial charge < -0.3 is 10.2 Å². The molecule has 1 aromatic heterocycles. The standard InChI is InChI=1S/C16H21N3.ClH/c1-3-13-11-14-5-4-12(2)10-15(14)18-16(13)19-8-6-17-7-9-19;/h4-5,10-11,17H,3,6-9H2,1-2H3;1H. The second-order valence-corrected chi connectivity index (χ2v) is 5.26. The van der Waals surface area contributed by atoms with E-state index in [4.69, 9.17) is 4.98 Å². The quantitative estimate of drug-likeness (QED) is 0.922. The van der Waals surface area contributed by atoms with Crippen molar-refractivity contribution in [3.8, 4) is 0 Å². The Labute approximate surface area is 126 Å². The van der Waals surface area contributed by atoms with Gasteiger partial charge in [-0.1, -0.05) is 19.1 Å². The van der Waals surface area contributed by atoms with Gasteiger partial charge >= 0.3 is 0 Å². The molecule has 1 N–H and O–H groups in total. The molecule has 0 spiro atoms. The number of hydrogen-bond acceptors (Lipinski definition) is 3. The van der Waals surface area contributed by atoms with Gasteiger partial charge in [-0.3, -0.25) is 0 Å². The number of benzene rings is 1. The molecule has 0 saturated carbocycles. The lowest BCUT2D eigenvalue weighted by atomic mass is 10.1. The van der Waals surface area contributed by atoms with Gasteiger partial charge in [0.1, 0.15) is 5.82 Å². The molecular formula is C16H22ClN3. The van der Waals surface area contributed by atoms with Crippen molar-refractivity contribution in [2.24, 2.45) is 0 Å². The topological polar surface area (TPSA) is 28.2 Å². The van der Waals surface area contributed by atoms with Crippen LogP contribution in [0.4, 0.5) is 5.82 Å². The summed E-state index contributed by atoms with van der Waals surface area (Å²) >= 11 is 0. The molecule has 1 aliphatic heterocycles. The van der Waals surface area contributed by atoms with Crippen LogP contribution in [-0.4, -0.2) is 31.2 Å². The number of aryl methyl sites for hydroxylation is 2. The fourth-order valence-electron chi connectivity index (χ4n) is 2.72. The van der Waals surface area contributed by atoms with E-state index in [9.17, 15) is 0 Å². The van der Waals surface area contributed by atoms with Crippen LogP contribution in [-0.2, 0) is 6.42 Å². The third-order valence-corrected chi connectivity index (χ3v) is 3.83. The fraction of sp³-hybridized carbons (Fsp3) is 0.438. The molecule has 0 atom stereocenters. The number of anilines is 1. The van der Waals surface area contributed by atoms with Crippen molar-refractivity contribution >= 4 is 29.1 Å². The van der Waals surface area contributed by atoms with E-state index in [1.165, 1.54) is 22.3 Å². The summed E-state index contributed by atoms with van der Waals surface area (Å²) in [4.78, 5) is 7.34. The number of nitrogens with one attached hydrogen (secondary N) is 1. The first kappa shape index (κ1) is 15.1. The highest BCUT2D eigenvalue weighted by atomic mass is 35.5. The summed E-state index contributed by atoms with van der Waals surface area (Å²) in [5.41, 5.74) is 3.75. The molecule has 3 rings (SSSR count). The van der Waals surface area contributed by atoms with Crippen LogP contribution >= 0.6 is 12.4 Å². The van der Waals surface area contributed by atoms with Crippen LogP contribution in [0.15, 0.2) is 24.3 Å². The van der Waals surface area contributed by atoms with E-state index < -0.39 is 0 Å². The highest BCUT2D eigenvalue weighted by Gasteiger charge is 2.15. The number of nitrogens with zero attached hydrogens (tertiary/aromatic N) is 2. The summed E-state index contributed by atoms with van der Waals surface area (Å²) in [7, 11) is 0. The van der Waals surface area contributed by atoms with E-state index in [2.05, 4.69) is 48.3 Å². The van der Waals surface area contributed by atoms with E-state index in [1.54, 1.807) is 0 Å². The van der Waals surface area contributed by atoms with Crippen LogP contribution in [0.3, 0.4) is 0 Å². The van der Waals surface area contributed by atoms with Crippen molar-refractivity contribution in [1.82, 2.24) is 10.3 Å². The molecule has 20 heavy (non-hydrogen) atoms. The predicted molar refractivity (Wildman–Crippen MR) is 88.2 cm³/mol. The normalized spacial score (nSPS) is 15.2. The molecule has 0 amide bonds. The van der Waals surface area contributed by atoms with Gasteiger partial charge in [-0.2, -0.15) is 0 Å². The summed E-state index contributed by atoms with van der Waals surface area (Å²) in [5.74, 6) is 1.18. The van der Waals surface area contributed by atoms with Crippen molar-refractivity contribution in [3.63, 3.8) is 0 Å². The largest absolute Gasteiger partial charge is 0.354 e. The minimum Gasteiger partial charge on any atom is -0.354 e.